The molecule has 0 saturated carbocycles. The molecule has 11 nitrogen and oxygen atoms in total. The summed E-state index contributed by atoms with van der Waals surface area (Å²) in [5.74, 6) is -5.65. The predicted molar refractivity (Wildman–Crippen MR) is 60.3 cm³/mol. The van der Waals surface area contributed by atoms with Gasteiger partial charge in [0.1, 0.15) is 0 Å². The first-order valence-electron chi connectivity index (χ1n) is 4.13. The van der Waals surface area contributed by atoms with Crippen molar-refractivity contribution in [3.05, 3.63) is 0 Å². The van der Waals surface area contributed by atoms with Gasteiger partial charge in [0.15, 0.2) is 5.60 Å². The highest BCUT2D eigenvalue weighted by molar-refractivity contribution is 5.87. The first-order chi connectivity index (χ1) is 7.19. The van der Waals surface area contributed by atoms with Crippen LogP contribution >= 0.6 is 0 Å². The van der Waals surface area contributed by atoms with Crippen LogP contribution in [-0.2, 0) is 14.4 Å². The zero-order valence-electron chi connectivity index (χ0n) is 11.5. The molecule has 0 spiro atoms. The summed E-state index contributed by atoms with van der Waals surface area (Å²) in [5.41, 5.74) is -2.86. The molecule has 19 heavy (non-hydrogen) atoms. The number of carbonyl (C=O) groups excluding carboxylic acids is 2. The Morgan fingerprint density at radius 2 is 1.21 bits per heavy atom. The van der Waals surface area contributed by atoms with Gasteiger partial charge < -0.3 is 53.6 Å². The van der Waals surface area contributed by atoms with Crippen LogP contribution in [0, 0.1) is 0 Å². The van der Waals surface area contributed by atoms with E-state index in [1.165, 1.54) is 0 Å². The molecule has 0 aromatic carbocycles. The molecule has 0 unspecified atom stereocenters. The molecule has 0 aliphatic heterocycles. The first kappa shape index (κ1) is 30.3. The fourth-order valence-electron chi connectivity index (χ4n) is 0.691. The summed E-state index contributed by atoms with van der Waals surface area (Å²) in [5, 5.41) is 46.1. The number of carboxylic acid groups (broad SMARTS) is 3. The van der Waals surface area contributed by atoms with Gasteiger partial charge in [0.2, 0.25) is 0 Å². The summed E-state index contributed by atoms with van der Waals surface area (Å²) in [4.78, 5) is 30.2. The first-order valence-corrected chi connectivity index (χ1v) is 4.13. The topological polar surface area (TPSA) is 270 Å². The van der Waals surface area contributed by atoms with Gasteiger partial charge >= 0.3 is 5.97 Å². The Labute approximate surface area is 109 Å². The van der Waals surface area contributed by atoms with E-state index in [1.807, 2.05) is 0 Å². The summed E-state index contributed by atoms with van der Waals surface area (Å²) in [6.45, 7) is 1.57. The lowest BCUT2D eigenvalue weighted by Crippen LogP contribution is -2.48. The van der Waals surface area contributed by atoms with Gasteiger partial charge in [-0.25, -0.2) is 4.79 Å². The molecule has 0 aliphatic rings. The van der Waals surface area contributed by atoms with Crippen LogP contribution in [0.2, 0.25) is 0 Å². The third-order valence-corrected chi connectivity index (χ3v) is 1.27. The molecule has 0 atom stereocenters. The molecule has 0 aromatic rings. The van der Waals surface area contributed by atoms with Crippen LogP contribution in [0.1, 0.15) is 19.8 Å². The molecule has 0 amide bonds. The van der Waals surface area contributed by atoms with E-state index in [0.29, 0.717) is 0 Å². The van der Waals surface area contributed by atoms with Gasteiger partial charge in [0, 0.05) is 24.8 Å². The highest BCUT2D eigenvalue weighted by atomic mass is 16.4. The normalized spacial score (nSPS) is 8.37. The molecule has 0 rings (SSSR count). The lowest BCUT2D eigenvalue weighted by Gasteiger charge is -2.23. The summed E-state index contributed by atoms with van der Waals surface area (Å²) in [6.07, 6.45) is -2.59. The minimum Gasteiger partial charge on any atom is -0.855 e. The maximum Gasteiger partial charge on any atom is 0.336 e. The van der Waals surface area contributed by atoms with Gasteiger partial charge in [-0.05, 0) is 0 Å². The molecule has 0 saturated heterocycles. The summed E-state index contributed by atoms with van der Waals surface area (Å²) in [7, 11) is 0. The summed E-state index contributed by atoms with van der Waals surface area (Å²) >= 11 is 0. The van der Waals surface area contributed by atoms with Gasteiger partial charge in [0.05, 0.1) is 0 Å². The molecule has 0 aromatic heterocycles. The number of carbonyl (C=O) groups is 3. The van der Waals surface area contributed by atoms with Crippen molar-refractivity contribution in [3.8, 4) is 0 Å². The maximum atomic E-state index is 10.3. The van der Waals surface area contributed by atoms with Crippen molar-refractivity contribution in [2.45, 2.75) is 25.4 Å². The maximum absolute atomic E-state index is 10.3. The van der Waals surface area contributed by atoms with E-state index >= 15 is 0 Å². The lowest BCUT2D eigenvalue weighted by atomic mass is 9.96. The van der Waals surface area contributed by atoms with Gasteiger partial charge in [-0.3, -0.25) is 0 Å². The molecule has 0 heterocycles. The van der Waals surface area contributed by atoms with Crippen molar-refractivity contribution >= 4 is 17.9 Å². The van der Waals surface area contributed by atoms with Crippen molar-refractivity contribution in [1.29, 1.82) is 0 Å². The van der Waals surface area contributed by atoms with Crippen LogP contribution in [0.4, 0.5) is 0 Å². The third-order valence-electron chi connectivity index (χ3n) is 1.27. The van der Waals surface area contributed by atoms with Crippen LogP contribution < -0.4 is 33.8 Å². The Morgan fingerprint density at radius 1 is 1.00 bits per heavy atom. The van der Waals surface area contributed by atoms with Crippen molar-refractivity contribution in [2.24, 2.45) is 0 Å². The highest BCUT2D eigenvalue weighted by Crippen LogP contribution is 2.14. The Kier molecular flexibility index (Phi) is 22.8. The summed E-state index contributed by atoms with van der Waals surface area (Å²) < 4.78 is 0. The number of hydrogen-bond donors (Lipinski definition) is 5. The molecule has 0 radical (unpaired) electrons. The minimum atomic E-state index is -2.86. The standard InChI is InChI=1S/C6H8O7.C2H5O.3H3N/c7-3(8)1-6(13,5(11)12)2-4(9)10;1-2-3;;;/h13H,1-2H2,(H,7,8)(H,9,10)(H,11,12);2H2,1H3;3*1H3/q;-1;;;/p+1. The fraction of sp³-hybridized carbons (Fsp3) is 0.625. The zero-order valence-corrected chi connectivity index (χ0v) is 11.5. The number of aliphatic hydroxyl groups is 1. The van der Waals surface area contributed by atoms with Gasteiger partial charge in [-0.1, -0.05) is 6.92 Å². The quantitative estimate of drug-likeness (QED) is 0.338. The van der Waals surface area contributed by atoms with Crippen molar-refractivity contribution < 1.29 is 39.9 Å². The molecule has 0 fully saturated rings. The second-order valence-corrected chi connectivity index (χ2v) is 2.72. The van der Waals surface area contributed by atoms with E-state index in [4.69, 9.17) is 15.3 Å². The van der Waals surface area contributed by atoms with Crippen LogP contribution in [0.3, 0.4) is 0 Å². The van der Waals surface area contributed by atoms with Crippen LogP contribution in [-0.4, -0.2) is 40.3 Å². The molecule has 0 aliphatic carbocycles. The van der Waals surface area contributed by atoms with Gasteiger partial charge in [-0.15, -0.1) is 6.61 Å². The monoisotopic (exact) mass is 289 g/mol. The Balaban J connectivity index is -0.0000000992. The molecule has 0 bridgehead atoms. The van der Waals surface area contributed by atoms with Crippen molar-refractivity contribution in [1.82, 2.24) is 18.5 Å². The second kappa shape index (κ2) is 14.3. The smallest absolute Gasteiger partial charge is 0.336 e. The molecule has 118 valence electrons. The van der Waals surface area contributed by atoms with Crippen molar-refractivity contribution in [3.63, 3.8) is 0 Å². The van der Waals surface area contributed by atoms with E-state index < -0.39 is 36.4 Å². The minimum absolute atomic E-state index is 0. The van der Waals surface area contributed by atoms with Crippen molar-refractivity contribution in [2.75, 3.05) is 6.61 Å². The second-order valence-electron chi connectivity index (χ2n) is 2.72. The van der Waals surface area contributed by atoms with Crippen LogP contribution in [0.25, 0.3) is 0 Å². The predicted octanol–water partition coefficient (Wildman–Crippen LogP) is -3.42. The highest BCUT2D eigenvalue weighted by Gasteiger charge is 2.36. The molecule has 14 N–H and O–H groups in total. The SMILES string of the molecule is CC[O-].O=C([O-])CC(O)(CC(=O)[O-])C(=O)O.[NH4+].[NH4+].[NH4+]. The average Bonchev–Trinajstić information content (AvgIpc) is 2.01. The van der Waals surface area contributed by atoms with Gasteiger partial charge in [0.25, 0.3) is 0 Å². The lowest BCUT2D eigenvalue weighted by molar-refractivity contribution is -0.361. The molecule has 11 heteroatoms. The average molecular weight is 289 g/mol. The van der Waals surface area contributed by atoms with E-state index in [1.54, 1.807) is 6.92 Å². The fourth-order valence-corrected chi connectivity index (χ4v) is 0.691. The van der Waals surface area contributed by atoms with E-state index in [0.717, 1.165) is 0 Å². The Morgan fingerprint density at radius 3 is 1.32 bits per heavy atom. The van der Waals surface area contributed by atoms with Crippen LogP contribution in [0.15, 0.2) is 0 Å². The number of rotatable bonds is 5. The number of aliphatic carboxylic acids is 3. The number of hydrogen-bond acceptors (Lipinski definition) is 7. The largest absolute Gasteiger partial charge is 0.855 e. The van der Waals surface area contributed by atoms with Crippen LogP contribution in [0.5, 0.6) is 0 Å². The number of carboxylic acids is 3. The number of quaternary nitrogens is 3. The Hall–Kier alpha value is -1.79. The third kappa shape index (κ3) is 16.2. The Bertz CT molecular complexity index is 255. The summed E-state index contributed by atoms with van der Waals surface area (Å²) in [6, 6.07) is 0. The zero-order chi connectivity index (χ0) is 13.4. The van der Waals surface area contributed by atoms with Gasteiger partial charge in [-0.2, -0.15) is 0 Å². The molecular weight excluding hydrogens is 266 g/mol. The van der Waals surface area contributed by atoms with E-state index in [-0.39, 0.29) is 25.1 Å². The van der Waals surface area contributed by atoms with E-state index in [9.17, 15) is 24.6 Å². The molecular formula is C8H23N3O8. The van der Waals surface area contributed by atoms with E-state index in [2.05, 4.69) is 0 Å².